The third-order valence-corrected chi connectivity index (χ3v) is 5.25. The number of hydrogen-bond donors (Lipinski definition) is 2. The Bertz CT molecular complexity index is 1270. The van der Waals surface area contributed by atoms with E-state index in [1.807, 2.05) is 54.6 Å². The van der Waals surface area contributed by atoms with Gasteiger partial charge < -0.3 is 10.6 Å². The third-order valence-electron chi connectivity index (χ3n) is 5.25. The first-order valence-corrected chi connectivity index (χ1v) is 10.0. The van der Waals surface area contributed by atoms with Crippen LogP contribution in [0.3, 0.4) is 0 Å². The standard InChI is InChI=1S/C26H22N4/c1-17-14-25(29-23-12-5-3-10-21(17)23)27-19-8-7-9-20(16-19)28-26-15-18(2)22-11-4-6-13-24(22)30-26/h3-16H,1-2H3,(H,27,29)(H,28,30). The Hall–Kier alpha value is -3.92. The first-order chi connectivity index (χ1) is 14.7. The van der Waals surface area contributed by atoms with Gasteiger partial charge in [-0.3, -0.25) is 0 Å². The zero-order valence-electron chi connectivity index (χ0n) is 17.0. The first-order valence-electron chi connectivity index (χ1n) is 10.0. The minimum atomic E-state index is 0.836. The molecule has 5 rings (SSSR count). The summed E-state index contributed by atoms with van der Waals surface area (Å²) < 4.78 is 0. The molecule has 30 heavy (non-hydrogen) atoms. The zero-order chi connectivity index (χ0) is 20.5. The highest BCUT2D eigenvalue weighted by molar-refractivity contribution is 5.85. The van der Waals surface area contributed by atoms with Gasteiger partial charge in [0.05, 0.1) is 11.0 Å². The van der Waals surface area contributed by atoms with E-state index in [-0.39, 0.29) is 0 Å². The molecule has 2 aromatic heterocycles. The van der Waals surface area contributed by atoms with Crippen LogP contribution in [0, 0.1) is 13.8 Å². The Morgan fingerprint density at radius 3 is 1.50 bits per heavy atom. The lowest BCUT2D eigenvalue weighted by Gasteiger charge is -2.12. The van der Waals surface area contributed by atoms with Crippen LogP contribution in [0.4, 0.5) is 23.0 Å². The summed E-state index contributed by atoms with van der Waals surface area (Å²) in [7, 11) is 0. The maximum atomic E-state index is 4.75. The van der Waals surface area contributed by atoms with Gasteiger partial charge in [-0.15, -0.1) is 0 Å². The summed E-state index contributed by atoms with van der Waals surface area (Å²) in [5, 5.41) is 9.22. The highest BCUT2D eigenvalue weighted by atomic mass is 15.0. The molecule has 146 valence electrons. The van der Waals surface area contributed by atoms with Gasteiger partial charge in [0.25, 0.3) is 0 Å². The monoisotopic (exact) mass is 390 g/mol. The molecule has 0 atom stereocenters. The number of para-hydroxylation sites is 2. The number of pyridine rings is 2. The fourth-order valence-electron chi connectivity index (χ4n) is 3.80. The second kappa shape index (κ2) is 7.48. The van der Waals surface area contributed by atoms with Gasteiger partial charge in [-0.05, 0) is 67.4 Å². The van der Waals surface area contributed by atoms with Crippen molar-refractivity contribution in [2.24, 2.45) is 0 Å². The molecule has 0 aliphatic carbocycles. The normalized spacial score (nSPS) is 11.0. The minimum Gasteiger partial charge on any atom is -0.340 e. The fraction of sp³-hybridized carbons (Fsp3) is 0.0769. The van der Waals surface area contributed by atoms with E-state index in [0.717, 1.165) is 34.0 Å². The molecule has 0 amide bonds. The molecule has 3 aromatic carbocycles. The fourth-order valence-corrected chi connectivity index (χ4v) is 3.80. The van der Waals surface area contributed by atoms with Gasteiger partial charge in [0, 0.05) is 22.1 Å². The Labute approximate surface area is 175 Å². The summed E-state index contributed by atoms with van der Waals surface area (Å²) in [6.07, 6.45) is 0. The number of fused-ring (bicyclic) bond motifs is 2. The molecule has 0 unspecified atom stereocenters. The molecule has 0 spiro atoms. The summed E-state index contributed by atoms with van der Waals surface area (Å²) in [6.45, 7) is 4.22. The molecular weight excluding hydrogens is 368 g/mol. The van der Waals surface area contributed by atoms with E-state index in [2.05, 4.69) is 54.8 Å². The van der Waals surface area contributed by atoms with Crippen molar-refractivity contribution in [3.63, 3.8) is 0 Å². The topological polar surface area (TPSA) is 49.8 Å². The van der Waals surface area contributed by atoms with Crippen molar-refractivity contribution < 1.29 is 0 Å². The summed E-state index contributed by atoms with van der Waals surface area (Å²) >= 11 is 0. The quantitative estimate of drug-likeness (QED) is 0.351. The third kappa shape index (κ3) is 3.55. The first kappa shape index (κ1) is 18.1. The molecule has 0 saturated heterocycles. The van der Waals surface area contributed by atoms with Gasteiger partial charge in [0.15, 0.2) is 0 Å². The molecular formula is C26H22N4. The number of hydrogen-bond acceptors (Lipinski definition) is 4. The summed E-state index contributed by atoms with van der Waals surface area (Å²) in [4.78, 5) is 9.49. The molecule has 4 heteroatoms. The molecule has 0 fully saturated rings. The zero-order valence-corrected chi connectivity index (χ0v) is 17.0. The van der Waals surface area contributed by atoms with Crippen molar-refractivity contribution in [1.82, 2.24) is 9.97 Å². The Kier molecular flexibility index (Phi) is 4.52. The second-order valence-corrected chi connectivity index (χ2v) is 7.51. The van der Waals surface area contributed by atoms with Gasteiger partial charge in [-0.2, -0.15) is 0 Å². The Balaban J connectivity index is 1.42. The molecule has 0 saturated carbocycles. The minimum absolute atomic E-state index is 0.836. The van der Waals surface area contributed by atoms with Gasteiger partial charge in [0.2, 0.25) is 0 Å². The molecule has 0 bridgehead atoms. The lowest BCUT2D eigenvalue weighted by Crippen LogP contribution is -1.98. The van der Waals surface area contributed by atoms with Crippen LogP contribution in [0.2, 0.25) is 0 Å². The predicted molar refractivity (Wildman–Crippen MR) is 126 cm³/mol. The van der Waals surface area contributed by atoms with E-state index in [0.29, 0.717) is 0 Å². The number of anilines is 4. The highest BCUT2D eigenvalue weighted by Gasteiger charge is 2.05. The molecule has 2 heterocycles. The van der Waals surface area contributed by atoms with E-state index in [9.17, 15) is 0 Å². The van der Waals surface area contributed by atoms with Crippen LogP contribution < -0.4 is 10.6 Å². The summed E-state index contributed by atoms with van der Waals surface area (Å²) in [5.41, 5.74) is 6.33. The number of nitrogens with zero attached hydrogens (tertiary/aromatic N) is 2. The molecule has 4 nitrogen and oxygen atoms in total. The van der Waals surface area contributed by atoms with Crippen LogP contribution in [0.1, 0.15) is 11.1 Å². The number of nitrogens with one attached hydrogen (secondary N) is 2. The maximum Gasteiger partial charge on any atom is 0.131 e. The van der Waals surface area contributed by atoms with E-state index < -0.39 is 0 Å². The van der Waals surface area contributed by atoms with Crippen LogP contribution in [0.15, 0.2) is 84.9 Å². The molecule has 2 N–H and O–H groups in total. The number of benzene rings is 3. The number of aromatic nitrogens is 2. The van der Waals surface area contributed by atoms with Crippen LogP contribution in [0.5, 0.6) is 0 Å². The smallest absolute Gasteiger partial charge is 0.131 e. The van der Waals surface area contributed by atoms with E-state index in [4.69, 9.17) is 9.97 Å². The van der Waals surface area contributed by atoms with Crippen molar-refractivity contribution in [3.8, 4) is 0 Å². The predicted octanol–water partition coefficient (Wildman–Crippen LogP) is 6.89. The number of aryl methyl sites for hydroxylation is 2. The van der Waals surface area contributed by atoms with Crippen LogP contribution in [0.25, 0.3) is 21.8 Å². The van der Waals surface area contributed by atoms with Crippen LogP contribution in [-0.2, 0) is 0 Å². The molecule has 0 radical (unpaired) electrons. The van der Waals surface area contributed by atoms with Crippen LogP contribution >= 0.6 is 0 Å². The second-order valence-electron chi connectivity index (χ2n) is 7.51. The molecule has 0 aliphatic rings. The Morgan fingerprint density at radius 2 is 1.00 bits per heavy atom. The van der Waals surface area contributed by atoms with Crippen molar-refractivity contribution in [2.75, 3.05) is 10.6 Å². The molecule has 5 aromatic rings. The van der Waals surface area contributed by atoms with Crippen molar-refractivity contribution in [1.29, 1.82) is 0 Å². The average molecular weight is 390 g/mol. The highest BCUT2D eigenvalue weighted by Crippen LogP contribution is 2.26. The van der Waals surface area contributed by atoms with E-state index in [1.54, 1.807) is 0 Å². The maximum absolute atomic E-state index is 4.75. The van der Waals surface area contributed by atoms with Gasteiger partial charge in [-0.25, -0.2) is 9.97 Å². The van der Waals surface area contributed by atoms with Crippen molar-refractivity contribution in [3.05, 3.63) is 96.1 Å². The SMILES string of the molecule is Cc1cc(Nc2cccc(Nc3cc(C)c4ccccc4n3)c2)nc2ccccc12. The van der Waals surface area contributed by atoms with Gasteiger partial charge in [0.1, 0.15) is 11.6 Å². The van der Waals surface area contributed by atoms with E-state index >= 15 is 0 Å². The molecule has 0 aliphatic heterocycles. The average Bonchev–Trinajstić information content (AvgIpc) is 2.74. The Morgan fingerprint density at radius 1 is 0.533 bits per heavy atom. The van der Waals surface area contributed by atoms with Gasteiger partial charge in [-0.1, -0.05) is 42.5 Å². The van der Waals surface area contributed by atoms with Gasteiger partial charge >= 0.3 is 0 Å². The summed E-state index contributed by atoms with van der Waals surface area (Å²) in [6, 6.07) is 28.7. The van der Waals surface area contributed by atoms with E-state index in [1.165, 1.54) is 21.9 Å². The lowest BCUT2D eigenvalue weighted by atomic mass is 10.1. The van der Waals surface area contributed by atoms with Crippen molar-refractivity contribution >= 4 is 44.8 Å². The summed E-state index contributed by atoms with van der Waals surface area (Å²) in [5.74, 6) is 1.67. The van der Waals surface area contributed by atoms with Crippen molar-refractivity contribution in [2.45, 2.75) is 13.8 Å². The number of rotatable bonds is 4. The van der Waals surface area contributed by atoms with Crippen LogP contribution in [-0.4, -0.2) is 9.97 Å². The lowest BCUT2D eigenvalue weighted by molar-refractivity contribution is 1.33. The largest absolute Gasteiger partial charge is 0.340 e.